The monoisotopic (exact) mass is 379 g/mol. The third-order valence-electron chi connectivity index (χ3n) is 4.38. The van der Waals surface area contributed by atoms with Gasteiger partial charge in [0.15, 0.2) is 0 Å². The molecule has 27 heavy (non-hydrogen) atoms. The van der Waals surface area contributed by atoms with E-state index in [9.17, 15) is 4.79 Å². The summed E-state index contributed by atoms with van der Waals surface area (Å²) in [6.07, 6.45) is 2.91. The first-order valence-corrected chi connectivity index (χ1v) is 9.94. The molecule has 4 heterocycles. The van der Waals surface area contributed by atoms with E-state index >= 15 is 0 Å². The summed E-state index contributed by atoms with van der Waals surface area (Å²) in [4.78, 5) is 22.3. The molecule has 1 aliphatic heterocycles. The first-order chi connectivity index (χ1) is 13.3. The second-order valence-electron chi connectivity index (χ2n) is 6.36. The Morgan fingerprint density at radius 1 is 1.15 bits per heavy atom. The number of nitrogens with zero attached hydrogens (tertiary/aromatic N) is 2. The van der Waals surface area contributed by atoms with Crippen molar-refractivity contribution in [2.24, 2.45) is 0 Å². The summed E-state index contributed by atoms with van der Waals surface area (Å²) in [6.45, 7) is 1.49. The van der Waals surface area contributed by atoms with Crippen molar-refractivity contribution < 1.29 is 4.79 Å². The Hall–Kier alpha value is -2.93. The van der Waals surface area contributed by atoms with Gasteiger partial charge in [-0.3, -0.25) is 5.32 Å². The van der Waals surface area contributed by atoms with Gasteiger partial charge in [-0.05, 0) is 48.1 Å². The Labute approximate surface area is 162 Å². The highest BCUT2D eigenvalue weighted by molar-refractivity contribution is 7.13. The molecule has 3 aromatic heterocycles. The van der Waals surface area contributed by atoms with Crippen LogP contribution in [0.4, 0.5) is 16.4 Å². The third-order valence-corrected chi connectivity index (χ3v) is 5.28. The molecule has 0 fully saturated rings. The van der Waals surface area contributed by atoms with E-state index in [0.717, 1.165) is 41.5 Å². The fraction of sp³-hybridized carbons (Fsp3) is 0.250. The molecule has 0 aromatic carbocycles. The van der Waals surface area contributed by atoms with Gasteiger partial charge in [0.1, 0.15) is 11.6 Å². The maximum atomic E-state index is 12.1. The molecule has 0 bridgehead atoms. The van der Waals surface area contributed by atoms with Gasteiger partial charge in [-0.15, -0.1) is 11.3 Å². The van der Waals surface area contributed by atoms with Crippen molar-refractivity contribution in [2.75, 3.05) is 23.7 Å². The second kappa shape index (κ2) is 8.18. The minimum atomic E-state index is -0.262. The van der Waals surface area contributed by atoms with E-state index in [1.807, 2.05) is 35.7 Å². The Kier molecular flexibility index (Phi) is 5.29. The number of nitrogens with one attached hydrogen (secondary N) is 3. The molecule has 0 aliphatic carbocycles. The van der Waals surface area contributed by atoms with Gasteiger partial charge in [0.2, 0.25) is 0 Å². The number of thiophene rings is 1. The van der Waals surface area contributed by atoms with Crippen LogP contribution in [0, 0.1) is 0 Å². The molecule has 3 aromatic rings. The van der Waals surface area contributed by atoms with Crippen molar-refractivity contribution >= 4 is 29.0 Å². The summed E-state index contributed by atoms with van der Waals surface area (Å²) in [5.41, 5.74) is 3.10. The number of hydrogen-bond donors (Lipinski definition) is 3. The van der Waals surface area contributed by atoms with E-state index in [2.05, 4.69) is 32.0 Å². The van der Waals surface area contributed by atoms with Crippen molar-refractivity contribution in [1.29, 1.82) is 0 Å². The van der Waals surface area contributed by atoms with Gasteiger partial charge in [0, 0.05) is 25.2 Å². The van der Waals surface area contributed by atoms with E-state index in [1.165, 1.54) is 5.56 Å². The van der Waals surface area contributed by atoms with Crippen LogP contribution in [0.1, 0.15) is 17.7 Å². The minimum absolute atomic E-state index is 0.262. The summed E-state index contributed by atoms with van der Waals surface area (Å²) in [7, 11) is 0. The normalized spacial score (nSPS) is 12.7. The van der Waals surface area contributed by atoms with E-state index in [4.69, 9.17) is 0 Å². The number of anilines is 2. The van der Waals surface area contributed by atoms with E-state index < -0.39 is 0 Å². The molecule has 0 saturated carbocycles. The molecule has 3 N–H and O–H groups in total. The summed E-state index contributed by atoms with van der Waals surface area (Å²) in [5.74, 6) is 1.52. The molecule has 1 aliphatic rings. The predicted octanol–water partition coefficient (Wildman–Crippen LogP) is 3.93. The lowest BCUT2D eigenvalue weighted by atomic mass is 10.1. The number of urea groups is 1. The summed E-state index contributed by atoms with van der Waals surface area (Å²) in [6, 6.07) is 13.5. The molecule has 0 saturated heterocycles. The third kappa shape index (κ3) is 4.43. The van der Waals surface area contributed by atoms with Gasteiger partial charge in [0.05, 0.1) is 10.6 Å². The van der Waals surface area contributed by atoms with Gasteiger partial charge >= 0.3 is 6.03 Å². The molecule has 6 nitrogen and oxygen atoms in total. The number of amides is 2. The van der Waals surface area contributed by atoms with E-state index in [1.54, 1.807) is 17.4 Å². The molecule has 138 valence electrons. The van der Waals surface area contributed by atoms with E-state index in [-0.39, 0.29) is 6.03 Å². The average molecular weight is 379 g/mol. The molecule has 7 heteroatoms. The maximum absolute atomic E-state index is 12.1. The number of pyridine rings is 2. The smallest absolute Gasteiger partial charge is 0.320 e. The molecule has 4 rings (SSSR count). The topological polar surface area (TPSA) is 78.9 Å². The maximum Gasteiger partial charge on any atom is 0.320 e. The Balaban J connectivity index is 1.29. The fourth-order valence-electron chi connectivity index (χ4n) is 3.04. The quantitative estimate of drug-likeness (QED) is 0.628. The Morgan fingerprint density at radius 2 is 2.11 bits per heavy atom. The van der Waals surface area contributed by atoms with Crippen LogP contribution in [0.5, 0.6) is 0 Å². The first-order valence-electron chi connectivity index (χ1n) is 9.06. The largest absolute Gasteiger partial charge is 0.370 e. The number of rotatable bonds is 5. The van der Waals surface area contributed by atoms with Crippen molar-refractivity contribution in [3.63, 3.8) is 0 Å². The van der Waals surface area contributed by atoms with Crippen LogP contribution in [-0.2, 0) is 12.8 Å². The summed E-state index contributed by atoms with van der Waals surface area (Å²) >= 11 is 1.62. The standard InChI is InChI=1S/C20H21N5OS/c26-20(25-18-7-1-5-16(24-18)17-6-3-13-27-17)22-12-10-15-9-8-14-4-2-11-21-19(14)23-15/h1,3,5-9,13H,2,4,10-12H2,(H,21,23)(H2,22,24,25,26). The lowest BCUT2D eigenvalue weighted by Gasteiger charge is -2.17. The number of aryl methyl sites for hydroxylation is 1. The Morgan fingerprint density at radius 3 is 3.00 bits per heavy atom. The van der Waals surface area contributed by atoms with Crippen LogP contribution in [0.25, 0.3) is 10.6 Å². The molecular weight excluding hydrogens is 358 g/mol. The molecular formula is C20H21N5OS. The van der Waals surface area contributed by atoms with Crippen LogP contribution in [-0.4, -0.2) is 29.1 Å². The highest BCUT2D eigenvalue weighted by Crippen LogP contribution is 2.23. The average Bonchev–Trinajstić information content (AvgIpc) is 3.23. The molecule has 2 amide bonds. The number of fused-ring (bicyclic) bond motifs is 1. The predicted molar refractivity (Wildman–Crippen MR) is 109 cm³/mol. The number of hydrogen-bond acceptors (Lipinski definition) is 5. The van der Waals surface area contributed by atoms with Crippen LogP contribution < -0.4 is 16.0 Å². The lowest BCUT2D eigenvalue weighted by Crippen LogP contribution is -2.31. The van der Waals surface area contributed by atoms with Gasteiger partial charge in [0.25, 0.3) is 0 Å². The van der Waals surface area contributed by atoms with Crippen LogP contribution in [0.3, 0.4) is 0 Å². The fourth-order valence-corrected chi connectivity index (χ4v) is 3.73. The van der Waals surface area contributed by atoms with Gasteiger partial charge in [-0.25, -0.2) is 14.8 Å². The second-order valence-corrected chi connectivity index (χ2v) is 7.30. The number of carbonyl (C=O) groups excluding carboxylic acids is 1. The van der Waals surface area contributed by atoms with Gasteiger partial charge in [-0.2, -0.15) is 0 Å². The highest BCUT2D eigenvalue weighted by atomic mass is 32.1. The van der Waals surface area contributed by atoms with E-state index in [0.29, 0.717) is 18.8 Å². The van der Waals surface area contributed by atoms with Gasteiger partial charge < -0.3 is 10.6 Å². The molecule has 0 atom stereocenters. The minimum Gasteiger partial charge on any atom is -0.370 e. The van der Waals surface area contributed by atoms with Crippen molar-refractivity contribution in [3.05, 3.63) is 59.1 Å². The Bertz CT molecular complexity index is 926. The SMILES string of the molecule is O=C(NCCc1ccc2c(n1)NCCC2)Nc1cccc(-c2cccs2)n1. The lowest BCUT2D eigenvalue weighted by molar-refractivity contribution is 0.252. The molecule has 0 radical (unpaired) electrons. The van der Waals surface area contributed by atoms with Crippen LogP contribution >= 0.6 is 11.3 Å². The zero-order chi connectivity index (χ0) is 18.5. The zero-order valence-corrected chi connectivity index (χ0v) is 15.7. The highest BCUT2D eigenvalue weighted by Gasteiger charge is 2.10. The van der Waals surface area contributed by atoms with Gasteiger partial charge in [-0.1, -0.05) is 18.2 Å². The first kappa shape index (κ1) is 17.5. The summed E-state index contributed by atoms with van der Waals surface area (Å²) < 4.78 is 0. The van der Waals surface area contributed by atoms with Crippen LogP contribution in [0.2, 0.25) is 0 Å². The molecule has 0 spiro atoms. The van der Waals surface area contributed by atoms with Crippen molar-refractivity contribution in [3.8, 4) is 10.6 Å². The van der Waals surface area contributed by atoms with Crippen molar-refractivity contribution in [1.82, 2.24) is 15.3 Å². The van der Waals surface area contributed by atoms with Crippen molar-refractivity contribution in [2.45, 2.75) is 19.3 Å². The zero-order valence-electron chi connectivity index (χ0n) is 14.9. The number of aromatic nitrogens is 2. The summed E-state index contributed by atoms with van der Waals surface area (Å²) in [5, 5.41) is 11.0. The molecule has 0 unspecified atom stereocenters. The van der Waals surface area contributed by atoms with Crippen LogP contribution in [0.15, 0.2) is 47.8 Å². The number of carbonyl (C=O) groups is 1.